The molecule has 0 saturated heterocycles. The first kappa shape index (κ1) is 14.6. The number of hydrogen-bond donors (Lipinski definition) is 1. The van der Waals surface area contributed by atoms with E-state index in [4.69, 9.17) is 0 Å². The van der Waals surface area contributed by atoms with Crippen LogP contribution in [0.5, 0.6) is 5.75 Å². The number of phenols is 1. The Balaban J connectivity index is 3.02. The summed E-state index contributed by atoms with van der Waals surface area (Å²) < 4.78 is 0. The third-order valence-electron chi connectivity index (χ3n) is 2.83. The van der Waals surface area contributed by atoms with Crippen LogP contribution in [0.3, 0.4) is 0 Å². The second-order valence-electron chi connectivity index (χ2n) is 5.47. The van der Waals surface area contributed by atoms with Crippen molar-refractivity contribution in [2.45, 2.75) is 40.7 Å². The van der Waals surface area contributed by atoms with Crippen LogP contribution < -0.4 is 0 Å². The molecule has 0 bridgehead atoms. The SMILES string of the molecule is Cc1ccc(C(=O)N(CC(C)C)C(C)C)c(O)c1. The predicted molar refractivity (Wildman–Crippen MR) is 73.9 cm³/mol. The molecule has 0 radical (unpaired) electrons. The van der Waals surface area contributed by atoms with Crippen LogP contribution in [0.4, 0.5) is 0 Å². The summed E-state index contributed by atoms with van der Waals surface area (Å²) in [5.74, 6) is 0.370. The number of carbonyl (C=O) groups is 1. The van der Waals surface area contributed by atoms with Crippen LogP contribution in [0.15, 0.2) is 18.2 Å². The Hall–Kier alpha value is -1.51. The van der Waals surface area contributed by atoms with Crippen LogP contribution in [-0.4, -0.2) is 28.5 Å². The highest BCUT2D eigenvalue weighted by Crippen LogP contribution is 2.21. The first-order chi connectivity index (χ1) is 8.32. The zero-order valence-electron chi connectivity index (χ0n) is 11.9. The van der Waals surface area contributed by atoms with Crippen molar-refractivity contribution < 1.29 is 9.90 Å². The van der Waals surface area contributed by atoms with Gasteiger partial charge in [0.2, 0.25) is 0 Å². The number of rotatable bonds is 4. The molecule has 0 aliphatic carbocycles. The van der Waals surface area contributed by atoms with Crippen molar-refractivity contribution in [2.24, 2.45) is 5.92 Å². The number of nitrogens with zero attached hydrogens (tertiary/aromatic N) is 1. The second kappa shape index (κ2) is 5.89. The Morgan fingerprint density at radius 1 is 1.28 bits per heavy atom. The maximum atomic E-state index is 12.4. The van der Waals surface area contributed by atoms with Gasteiger partial charge in [-0.15, -0.1) is 0 Å². The fraction of sp³-hybridized carbons (Fsp3) is 0.533. The minimum atomic E-state index is -0.101. The maximum absolute atomic E-state index is 12.4. The molecule has 18 heavy (non-hydrogen) atoms. The number of aromatic hydroxyl groups is 1. The molecule has 0 aliphatic heterocycles. The van der Waals surface area contributed by atoms with Gasteiger partial charge in [-0.1, -0.05) is 19.9 Å². The third kappa shape index (κ3) is 3.49. The monoisotopic (exact) mass is 249 g/mol. The van der Waals surface area contributed by atoms with Gasteiger partial charge in [-0.2, -0.15) is 0 Å². The topological polar surface area (TPSA) is 40.5 Å². The van der Waals surface area contributed by atoms with Crippen LogP contribution in [0.2, 0.25) is 0 Å². The van der Waals surface area contributed by atoms with Gasteiger partial charge in [-0.05, 0) is 44.4 Å². The lowest BCUT2D eigenvalue weighted by molar-refractivity contribution is 0.0679. The summed E-state index contributed by atoms with van der Waals surface area (Å²) in [7, 11) is 0. The van der Waals surface area contributed by atoms with Gasteiger partial charge >= 0.3 is 0 Å². The van der Waals surface area contributed by atoms with Gasteiger partial charge in [0.05, 0.1) is 5.56 Å². The number of carbonyl (C=O) groups excluding carboxylic acids is 1. The molecule has 0 heterocycles. The minimum absolute atomic E-state index is 0.0643. The highest BCUT2D eigenvalue weighted by molar-refractivity contribution is 5.97. The molecule has 0 spiro atoms. The lowest BCUT2D eigenvalue weighted by atomic mass is 10.1. The molecule has 1 aromatic rings. The minimum Gasteiger partial charge on any atom is -0.507 e. The number of aryl methyl sites for hydroxylation is 1. The summed E-state index contributed by atoms with van der Waals surface area (Å²) in [5, 5.41) is 9.88. The highest BCUT2D eigenvalue weighted by Gasteiger charge is 2.21. The van der Waals surface area contributed by atoms with E-state index in [0.717, 1.165) is 5.56 Å². The van der Waals surface area contributed by atoms with Gasteiger partial charge in [0.25, 0.3) is 5.91 Å². The Morgan fingerprint density at radius 2 is 1.89 bits per heavy atom. The molecule has 3 heteroatoms. The van der Waals surface area contributed by atoms with Crippen molar-refractivity contribution in [3.63, 3.8) is 0 Å². The molecule has 3 nitrogen and oxygen atoms in total. The van der Waals surface area contributed by atoms with Crippen molar-refractivity contribution in [3.8, 4) is 5.75 Å². The number of phenolic OH excluding ortho intramolecular Hbond substituents is 1. The lowest BCUT2D eigenvalue weighted by Crippen LogP contribution is -2.39. The van der Waals surface area contributed by atoms with Gasteiger partial charge in [0.1, 0.15) is 5.75 Å². The van der Waals surface area contributed by atoms with Gasteiger partial charge in [0.15, 0.2) is 0 Å². The van der Waals surface area contributed by atoms with E-state index >= 15 is 0 Å². The van der Waals surface area contributed by atoms with Crippen LogP contribution in [0, 0.1) is 12.8 Å². The maximum Gasteiger partial charge on any atom is 0.257 e. The van der Waals surface area contributed by atoms with Crippen LogP contribution >= 0.6 is 0 Å². The summed E-state index contributed by atoms with van der Waals surface area (Å²) in [6, 6.07) is 5.30. The van der Waals surface area contributed by atoms with Crippen molar-refractivity contribution in [2.75, 3.05) is 6.54 Å². The summed E-state index contributed by atoms with van der Waals surface area (Å²) in [6.07, 6.45) is 0. The second-order valence-corrected chi connectivity index (χ2v) is 5.47. The van der Waals surface area contributed by atoms with E-state index in [-0.39, 0.29) is 17.7 Å². The van der Waals surface area contributed by atoms with E-state index in [2.05, 4.69) is 13.8 Å². The van der Waals surface area contributed by atoms with Crippen molar-refractivity contribution in [1.29, 1.82) is 0 Å². The van der Waals surface area contributed by atoms with Gasteiger partial charge in [-0.3, -0.25) is 4.79 Å². The van der Waals surface area contributed by atoms with Gasteiger partial charge in [-0.25, -0.2) is 0 Å². The van der Waals surface area contributed by atoms with E-state index in [1.54, 1.807) is 17.0 Å². The Morgan fingerprint density at radius 3 is 2.33 bits per heavy atom. The fourth-order valence-electron chi connectivity index (χ4n) is 1.90. The average Bonchev–Trinajstić information content (AvgIpc) is 2.24. The zero-order chi connectivity index (χ0) is 13.9. The first-order valence-electron chi connectivity index (χ1n) is 6.43. The molecule has 0 unspecified atom stereocenters. The number of benzene rings is 1. The fourth-order valence-corrected chi connectivity index (χ4v) is 1.90. The quantitative estimate of drug-likeness (QED) is 0.890. The first-order valence-corrected chi connectivity index (χ1v) is 6.43. The molecular formula is C15H23NO2. The smallest absolute Gasteiger partial charge is 0.257 e. The van der Waals surface area contributed by atoms with Crippen LogP contribution in [-0.2, 0) is 0 Å². The van der Waals surface area contributed by atoms with E-state index < -0.39 is 0 Å². The molecule has 0 aromatic heterocycles. The molecular weight excluding hydrogens is 226 g/mol. The molecule has 0 fully saturated rings. The molecule has 1 N–H and O–H groups in total. The van der Waals surface area contributed by atoms with Crippen molar-refractivity contribution in [3.05, 3.63) is 29.3 Å². The van der Waals surface area contributed by atoms with E-state index in [0.29, 0.717) is 18.0 Å². The Kier molecular flexibility index (Phi) is 4.76. The Labute approximate surface area is 109 Å². The van der Waals surface area contributed by atoms with Crippen LogP contribution in [0.1, 0.15) is 43.6 Å². The number of amides is 1. The van der Waals surface area contributed by atoms with Gasteiger partial charge < -0.3 is 10.0 Å². The van der Waals surface area contributed by atoms with E-state index in [1.807, 2.05) is 26.8 Å². The van der Waals surface area contributed by atoms with E-state index in [9.17, 15) is 9.90 Å². The summed E-state index contributed by atoms with van der Waals surface area (Å²) in [4.78, 5) is 14.2. The summed E-state index contributed by atoms with van der Waals surface area (Å²) in [5.41, 5.74) is 1.33. The largest absolute Gasteiger partial charge is 0.507 e. The molecule has 0 aliphatic rings. The Bertz CT molecular complexity index is 425. The molecule has 1 rings (SSSR count). The van der Waals surface area contributed by atoms with E-state index in [1.165, 1.54) is 0 Å². The molecule has 0 saturated carbocycles. The number of hydrogen-bond acceptors (Lipinski definition) is 2. The van der Waals surface area contributed by atoms with Crippen molar-refractivity contribution >= 4 is 5.91 Å². The molecule has 1 aromatic carbocycles. The summed E-state index contributed by atoms with van der Waals surface area (Å²) in [6.45, 7) is 10.7. The normalized spacial score (nSPS) is 11.1. The predicted octanol–water partition coefficient (Wildman–Crippen LogP) is 3.21. The zero-order valence-corrected chi connectivity index (χ0v) is 11.9. The van der Waals surface area contributed by atoms with Gasteiger partial charge in [0, 0.05) is 12.6 Å². The van der Waals surface area contributed by atoms with Crippen molar-refractivity contribution in [1.82, 2.24) is 4.90 Å². The molecule has 100 valence electrons. The lowest BCUT2D eigenvalue weighted by Gasteiger charge is -2.28. The summed E-state index contributed by atoms with van der Waals surface area (Å²) >= 11 is 0. The highest BCUT2D eigenvalue weighted by atomic mass is 16.3. The molecule has 1 amide bonds. The third-order valence-corrected chi connectivity index (χ3v) is 2.83. The standard InChI is InChI=1S/C15H23NO2/c1-10(2)9-16(11(3)4)15(18)13-7-6-12(5)8-14(13)17/h6-8,10-11,17H,9H2,1-5H3. The van der Waals surface area contributed by atoms with Crippen LogP contribution in [0.25, 0.3) is 0 Å². The molecule has 0 atom stereocenters. The average molecular weight is 249 g/mol.